The van der Waals surface area contributed by atoms with Crippen molar-refractivity contribution in [1.29, 1.82) is 0 Å². The summed E-state index contributed by atoms with van der Waals surface area (Å²) in [7, 11) is 0. The van der Waals surface area contributed by atoms with Gasteiger partial charge >= 0.3 is 0 Å². The first-order valence-electron chi connectivity index (χ1n) is 10.8. The van der Waals surface area contributed by atoms with Crippen LogP contribution in [0.1, 0.15) is 72.1 Å². The van der Waals surface area contributed by atoms with Crippen molar-refractivity contribution in [1.82, 2.24) is 0 Å². The molecule has 0 aliphatic heterocycles. The van der Waals surface area contributed by atoms with Gasteiger partial charge in [0, 0.05) is 6.42 Å². The van der Waals surface area contributed by atoms with E-state index in [2.05, 4.69) is 25.7 Å². The first-order valence-corrected chi connectivity index (χ1v) is 10.8. The first kappa shape index (κ1) is 21.7. The molecule has 158 valence electrons. The highest BCUT2D eigenvalue weighted by Crippen LogP contribution is 2.62. The third-order valence-corrected chi connectivity index (χ3v) is 7.89. The molecule has 28 heavy (non-hydrogen) atoms. The Bertz CT molecular complexity index is 648. The molecule has 0 saturated heterocycles. The van der Waals surface area contributed by atoms with Crippen LogP contribution in [0.15, 0.2) is 35.5 Å². The van der Waals surface area contributed by atoms with Gasteiger partial charge in [-0.1, -0.05) is 50.6 Å². The molecular formula is C24H36F2O2. The van der Waals surface area contributed by atoms with E-state index in [1.165, 1.54) is 5.57 Å². The van der Waals surface area contributed by atoms with E-state index in [-0.39, 0.29) is 17.3 Å². The Balaban J connectivity index is 1.80. The standard InChI is InChI=1S/C24H36F2O2/c1-15-19(27)12-16(13-20(15)28)7-8-17-6-5-11-24(4)18(17)9-10-21(24)23(2,3)14-22(25)26/h7-8,18-22,27-28H,1,5-6,9-14H2,2-4H3/b16-7?,17-8+/t18-,19+,20?,21+,24?/m0/s1. The molecule has 3 fully saturated rings. The lowest BCUT2D eigenvalue weighted by atomic mass is 9.57. The van der Waals surface area contributed by atoms with Crippen molar-refractivity contribution < 1.29 is 19.0 Å². The number of rotatable bonds is 4. The van der Waals surface area contributed by atoms with Gasteiger partial charge in [-0.2, -0.15) is 0 Å². The van der Waals surface area contributed by atoms with Crippen molar-refractivity contribution in [3.8, 4) is 0 Å². The fourth-order valence-corrected chi connectivity index (χ4v) is 6.49. The highest BCUT2D eigenvalue weighted by atomic mass is 19.3. The van der Waals surface area contributed by atoms with Crippen molar-refractivity contribution in [2.75, 3.05) is 0 Å². The molecule has 0 heterocycles. The number of alkyl halides is 2. The molecule has 0 aromatic heterocycles. The number of hydrogen-bond acceptors (Lipinski definition) is 2. The van der Waals surface area contributed by atoms with Gasteiger partial charge in [0.1, 0.15) is 0 Å². The van der Waals surface area contributed by atoms with Gasteiger partial charge in [-0.25, -0.2) is 8.78 Å². The fraction of sp³-hybridized carbons (Fsp3) is 0.750. The molecule has 2 unspecified atom stereocenters. The maximum atomic E-state index is 13.2. The minimum atomic E-state index is -2.25. The van der Waals surface area contributed by atoms with E-state index in [0.717, 1.165) is 37.7 Å². The zero-order valence-corrected chi connectivity index (χ0v) is 17.6. The summed E-state index contributed by atoms with van der Waals surface area (Å²) >= 11 is 0. The van der Waals surface area contributed by atoms with Crippen molar-refractivity contribution in [3.05, 3.63) is 35.5 Å². The van der Waals surface area contributed by atoms with Gasteiger partial charge in [0.2, 0.25) is 6.43 Å². The Kier molecular flexibility index (Phi) is 6.22. The van der Waals surface area contributed by atoms with Crippen LogP contribution in [0.3, 0.4) is 0 Å². The topological polar surface area (TPSA) is 40.5 Å². The van der Waals surface area contributed by atoms with E-state index in [4.69, 9.17) is 0 Å². The van der Waals surface area contributed by atoms with E-state index in [0.29, 0.717) is 30.3 Å². The molecule has 0 bridgehead atoms. The number of allylic oxidation sites excluding steroid dienone is 3. The van der Waals surface area contributed by atoms with Crippen LogP contribution in [0.4, 0.5) is 8.78 Å². The van der Waals surface area contributed by atoms with Crippen LogP contribution in [-0.2, 0) is 0 Å². The van der Waals surface area contributed by atoms with Crippen LogP contribution in [0.2, 0.25) is 0 Å². The Morgan fingerprint density at radius 3 is 2.43 bits per heavy atom. The lowest BCUT2D eigenvalue weighted by Crippen LogP contribution is -2.40. The molecule has 3 aliphatic rings. The van der Waals surface area contributed by atoms with Gasteiger partial charge < -0.3 is 10.2 Å². The summed E-state index contributed by atoms with van der Waals surface area (Å²) in [5.41, 5.74) is 2.72. The lowest BCUT2D eigenvalue weighted by Gasteiger charge is -2.48. The quantitative estimate of drug-likeness (QED) is 0.591. The number of halogens is 2. The second-order valence-corrected chi connectivity index (χ2v) is 10.2. The molecule has 0 radical (unpaired) electrons. The number of fused-ring (bicyclic) bond motifs is 1. The second kappa shape index (κ2) is 8.02. The van der Waals surface area contributed by atoms with Crippen LogP contribution >= 0.6 is 0 Å². The van der Waals surface area contributed by atoms with Crippen molar-refractivity contribution in [2.45, 2.75) is 90.8 Å². The molecule has 0 spiro atoms. The summed E-state index contributed by atoms with van der Waals surface area (Å²) in [6, 6.07) is 0. The average Bonchev–Trinajstić information content (AvgIpc) is 2.95. The van der Waals surface area contributed by atoms with Crippen LogP contribution in [0.5, 0.6) is 0 Å². The zero-order valence-electron chi connectivity index (χ0n) is 17.6. The predicted octanol–water partition coefficient (Wildman–Crippen LogP) is 5.81. The smallest absolute Gasteiger partial charge is 0.239 e. The normalized spacial score (nSPS) is 39.8. The van der Waals surface area contributed by atoms with Crippen molar-refractivity contribution in [3.63, 3.8) is 0 Å². The number of aliphatic hydroxyl groups is 2. The van der Waals surface area contributed by atoms with Crippen molar-refractivity contribution >= 4 is 0 Å². The highest BCUT2D eigenvalue weighted by Gasteiger charge is 2.54. The maximum Gasteiger partial charge on any atom is 0.239 e. The summed E-state index contributed by atoms with van der Waals surface area (Å²) < 4.78 is 26.3. The first-order chi connectivity index (χ1) is 13.0. The lowest BCUT2D eigenvalue weighted by molar-refractivity contribution is -0.00123. The monoisotopic (exact) mass is 394 g/mol. The third kappa shape index (κ3) is 4.14. The van der Waals surface area contributed by atoms with E-state index in [1.807, 2.05) is 13.8 Å². The third-order valence-electron chi connectivity index (χ3n) is 7.89. The Labute approximate surface area is 168 Å². The van der Waals surface area contributed by atoms with Gasteiger partial charge in [0.05, 0.1) is 12.2 Å². The molecular weight excluding hydrogens is 358 g/mol. The number of aliphatic hydroxyl groups excluding tert-OH is 2. The van der Waals surface area contributed by atoms with Crippen LogP contribution in [0.25, 0.3) is 0 Å². The molecule has 0 amide bonds. The molecule has 4 heteroatoms. The predicted molar refractivity (Wildman–Crippen MR) is 109 cm³/mol. The van der Waals surface area contributed by atoms with Gasteiger partial charge in [-0.3, -0.25) is 0 Å². The van der Waals surface area contributed by atoms with Gasteiger partial charge in [0.25, 0.3) is 0 Å². The summed E-state index contributed by atoms with van der Waals surface area (Å²) in [6.45, 7) is 10.1. The van der Waals surface area contributed by atoms with Crippen LogP contribution < -0.4 is 0 Å². The summed E-state index contributed by atoms with van der Waals surface area (Å²) in [4.78, 5) is 0. The minimum Gasteiger partial charge on any atom is -0.388 e. The molecule has 5 atom stereocenters. The summed E-state index contributed by atoms with van der Waals surface area (Å²) in [5, 5.41) is 20.1. The largest absolute Gasteiger partial charge is 0.388 e. The summed E-state index contributed by atoms with van der Waals surface area (Å²) in [6.07, 6.45) is 7.10. The van der Waals surface area contributed by atoms with Crippen LogP contribution in [0, 0.1) is 22.7 Å². The molecule has 3 rings (SSSR count). The Morgan fingerprint density at radius 1 is 1.18 bits per heavy atom. The molecule has 0 aromatic rings. The zero-order chi connectivity index (χ0) is 20.7. The SMILES string of the molecule is C=C1C(O)CC(=C/C=C2\CCCC3(C)[C@@H](C(C)(C)CC(F)F)CC[C@@H]23)C[C@H]1O. The van der Waals surface area contributed by atoms with E-state index in [9.17, 15) is 19.0 Å². The van der Waals surface area contributed by atoms with Crippen molar-refractivity contribution in [2.24, 2.45) is 22.7 Å². The molecule has 2 N–H and O–H groups in total. The van der Waals surface area contributed by atoms with Gasteiger partial charge in [-0.05, 0) is 73.2 Å². The average molecular weight is 395 g/mol. The van der Waals surface area contributed by atoms with E-state index >= 15 is 0 Å². The Hall–Kier alpha value is -1.00. The molecule has 3 aliphatic carbocycles. The van der Waals surface area contributed by atoms with Gasteiger partial charge in [0.15, 0.2) is 0 Å². The van der Waals surface area contributed by atoms with E-state index in [1.54, 1.807) is 0 Å². The Morgan fingerprint density at radius 2 is 1.82 bits per heavy atom. The summed E-state index contributed by atoms with van der Waals surface area (Å²) in [5.74, 6) is 0.769. The van der Waals surface area contributed by atoms with Gasteiger partial charge in [-0.15, -0.1) is 0 Å². The minimum absolute atomic E-state index is 0.0251. The molecule has 0 aromatic carbocycles. The molecule has 3 saturated carbocycles. The number of hydrogen-bond donors (Lipinski definition) is 2. The van der Waals surface area contributed by atoms with E-state index < -0.39 is 18.6 Å². The highest BCUT2D eigenvalue weighted by molar-refractivity contribution is 5.29. The molecule has 2 nitrogen and oxygen atoms in total. The maximum absolute atomic E-state index is 13.2. The fourth-order valence-electron chi connectivity index (χ4n) is 6.49. The second-order valence-electron chi connectivity index (χ2n) is 10.2. The van der Waals surface area contributed by atoms with Crippen LogP contribution in [-0.4, -0.2) is 28.8 Å².